The summed E-state index contributed by atoms with van der Waals surface area (Å²) >= 11 is 0. The first kappa shape index (κ1) is 88.7. The molecule has 8 amide bonds. The number of aliphatic hydroxyl groups excluding tert-OH is 2. The molecule has 6 aromatic rings. The molecule has 0 radical (unpaired) electrons. The lowest BCUT2D eigenvalue weighted by Gasteiger charge is -2.28. The van der Waals surface area contributed by atoms with E-state index in [1.54, 1.807) is 90.1 Å². The Balaban J connectivity index is 0.000000389. The van der Waals surface area contributed by atoms with Gasteiger partial charge in [-0.25, -0.2) is 32.3 Å². The minimum atomic E-state index is -1.55. The number of carboxylic acid groups (broad SMARTS) is 1. The molecule has 0 aliphatic carbocycles. The Kier molecular flexibility index (Phi) is 38.7. The molecule has 31 nitrogen and oxygen atoms in total. The number of carbonyl (C=O) groups excluding carboxylic acids is 9. The Labute approximate surface area is 608 Å². The van der Waals surface area contributed by atoms with E-state index >= 15 is 0 Å². The van der Waals surface area contributed by atoms with Gasteiger partial charge in [-0.1, -0.05) is 133 Å². The fraction of sp³-hybridized carbons (Fsp3) is 0.403. The summed E-state index contributed by atoms with van der Waals surface area (Å²) in [5, 5.41) is 40.1. The average molecular weight is 1490 g/mol. The van der Waals surface area contributed by atoms with Gasteiger partial charge in [-0.15, -0.1) is 0 Å². The maximum Gasteiger partial charge on any atom is 0.412 e. The molecule has 0 aliphatic heterocycles. The Morgan fingerprint density at radius 3 is 1.08 bits per heavy atom. The van der Waals surface area contributed by atoms with Crippen molar-refractivity contribution in [2.24, 2.45) is 40.7 Å². The van der Waals surface area contributed by atoms with Gasteiger partial charge in [0.25, 0.3) is 16.7 Å². The lowest BCUT2D eigenvalue weighted by molar-refractivity contribution is -0.142. The second-order valence-corrected chi connectivity index (χ2v) is 24.8. The fourth-order valence-corrected chi connectivity index (χ4v) is 9.91. The summed E-state index contributed by atoms with van der Waals surface area (Å²) in [5.74, 6) is -6.38. The molecule has 3 heterocycles. The number of Topliss-reactive ketones (excluding diaryl/α,β-unsaturated/α-hetero) is 1. The number of anilines is 3. The number of nitrogens with two attached hydrogens (primary N) is 4. The third-order valence-corrected chi connectivity index (χ3v) is 15.4. The number of aliphatic hydroxyl groups is 2. The van der Waals surface area contributed by atoms with Crippen molar-refractivity contribution in [3.63, 3.8) is 0 Å². The normalized spacial score (nSPS) is 13.0. The van der Waals surface area contributed by atoms with Crippen molar-refractivity contribution >= 4 is 76.6 Å². The molecule has 3 aromatic carbocycles. The van der Waals surface area contributed by atoms with Crippen molar-refractivity contribution in [2.75, 3.05) is 36.0 Å². The molecule has 3 aromatic heterocycles. The zero-order valence-corrected chi connectivity index (χ0v) is 59.4. The number of hydrogen-bond acceptors (Lipinski definition) is 19. The van der Waals surface area contributed by atoms with Crippen LogP contribution in [0.5, 0.6) is 0 Å². The number of primary amides is 3. The number of aliphatic carboxylic acids is 1. The molecule has 8 unspecified atom stereocenters. The molecule has 6 rings (SSSR count). The van der Waals surface area contributed by atoms with E-state index < -0.39 is 157 Å². The highest BCUT2D eigenvalue weighted by Gasteiger charge is 2.33. The molecule has 0 aliphatic rings. The van der Waals surface area contributed by atoms with Crippen molar-refractivity contribution in [1.29, 1.82) is 0 Å². The number of rotatable bonds is 35. The Hall–Kier alpha value is -11.5. The van der Waals surface area contributed by atoms with Gasteiger partial charge >= 0.3 is 24.2 Å². The van der Waals surface area contributed by atoms with Crippen molar-refractivity contribution in [1.82, 2.24) is 24.3 Å². The first-order chi connectivity index (χ1) is 50.2. The molecule has 34 heteroatoms. The largest absolute Gasteiger partial charge is 0.480 e. The van der Waals surface area contributed by atoms with Gasteiger partial charge in [-0.3, -0.25) is 63.7 Å². The van der Waals surface area contributed by atoms with Gasteiger partial charge in [-0.2, -0.15) is 0 Å². The van der Waals surface area contributed by atoms with E-state index in [0.29, 0.717) is 0 Å². The number of nitrogens with zero attached hydrogens (tertiary/aromatic N) is 3. The average Bonchev–Trinajstić information content (AvgIpc) is 0.821. The maximum atomic E-state index is 13.1. The molecule has 0 fully saturated rings. The highest BCUT2D eigenvalue weighted by molar-refractivity contribution is 5.92. The van der Waals surface area contributed by atoms with Crippen LogP contribution in [0.15, 0.2) is 160 Å². The molecule has 16 N–H and O–H groups in total. The number of benzene rings is 3. The summed E-state index contributed by atoms with van der Waals surface area (Å²) in [5.41, 5.74) is 20.5. The monoisotopic (exact) mass is 1490 g/mol. The van der Waals surface area contributed by atoms with Crippen molar-refractivity contribution in [3.05, 3.63) is 194 Å². The molecule has 8 atom stereocenters. The van der Waals surface area contributed by atoms with Crippen LogP contribution in [0, 0.1) is 17.8 Å². The van der Waals surface area contributed by atoms with Crippen LogP contribution in [0.1, 0.15) is 115 Å². The highest BCUT2D eigenvalue weighted by Crippen LogP contribution is 2.22. The van der Waals surface area contributed by atoms with Crippen LogP contribution in [0.2, 0.25) is 0 Å². The number of alkyl halides is 3. The Morgan fingerprint density at radius 1 is 0.443 bits per heavy atom. The number of ether oxygens (including phenoxy) is 3. The van der Waals surface area contributed by atoms with Crippen LogP contribution in [-0.2, 0) is 67.6 Å². The molecule has 0 bridgehead atoms. The van der Waals surface area contributed by atoms with Crippen LogP contribution in [0.3, 0.4) is 0 Å². The Morgan fingerprint density at radius 2 is 0.764 bits per heavy atom. The number of aromatic nitrogens is 3. The van der Waals surface area contributed by atoms with Crippen molar-refractivity contribution in [3.8, 4) is 0 Å². The zero-order chi connectivity index (χ0) is 79.2. The van der Waals surface area contributed by atoms with Gasteiger partial charge in [-0.05, 0) is 90.1 Å². The molecule has 0 saturated carbocycles. The van der Waals surface area contributed by atoms with E-state index in [-0.39, 0.29) is 81.3 Å². The van der Waals surface area contributed by atoms with Crippen LogP contribution in [-0.4, -0.2) is 139 Å². The number of amides is 8. The zero-order valence-electron chi connectivity index (χ0n) is 59.4. The molecule has 576 valence electrons. The van der Waals surface area contributed by atoms with E-state index in [0.717, 1.165) is 30.4 Å². The van der Waals surface area contributed by atoms with E-state index in [4.69, 9.17) is 42.3 Å². The second kappa shape index (κ2) is 46.2. The minimum absolute atomic E-state index is 0.0000136. The van der Waals surface area contributed by atoms with Crippen LogP contribution >= 0.6 is 0 Å². The van der Waals surface area contributed by atoms with Crippen molar-refractivity contribution in [2.45, 2.75) is 148 Å². The smallest absolute Gasteiger partial charge is 0.412 e. The fourth-order valence-electron chi connectivity index (χ4n) is 9.91. The van der Waals surface area contributed by atoms with E-state index in [1.165, 1.54) is 55.0 Å². The number of halogens is 3. The lowest BCUT2D eigenvalue weighted by Crippen LogP contribution is -2.49. The standard InChI is InChI=1S/C24H31FN4O6.C24H29FN4O6.C18H20N2O5.C6H13FN2O2/c2*1-15(2)21(22(32)27-17(19(30)13-25)10-11-20(26)31)29-12-6-9-18(23(29)33)28-24(34)35-14-16-7-4-3-5-8-16;1-12(2)15(17(22)23)20-10-6-9-14(16(20)21)19-18(24)25-11-13-7-4-3-5-8-13;7-3-5(10)4(8)1-2-6(9)11/h3-9,12,15,17,19,21,30H,10-11,13-14H2,1-2H3,(H2,26,31)(H,27,32)(H,28,34);3-9,12,15,17,21H,10-11,13-14H2,1-2H3,(H2,26,31)(H,27,32)(H,28,34);3-10,12,15H,11H2,1-2H3,(H,19,24)(H,22,23);4-5,10H,1-3,8H2,(H2,9,11). The van der Waals surface area contributed by atoms with Crippen LogP contribution in [0.4, 0.5) is 44.6 Å². The quantitative estimate of drug-likeness (QED) is 0.0211. The van der Waals surface area contributed by atoms with Gasteiger partial charge in [0.2, 0.25) is 29.5 Å². The number of carbonyl (C=O) groups is 10. The second-order valence-electron chi connectivity index (χ2n) is 24.8. The predicted octanol–water partition coefficient (Wildman–Crippen LogP) is 5.75. The molecular weight excluding hydrogens is 1390 g/mol. The molecule has 106 heavy (non-hydrogen) atoms. The van der Waals surface area contributed by atoms with Gasteiger partial charge < -0.3 is 72.2 Å². The number of pyridine rings is 3. The third kappa shape index (κ3) is 30.8. The first-order valence-electron chi connectivity index (χ1n) is 33.3. The summed E-state index contributed by atoms with van der Waals surface area (Å²) in [6.07, 6.45) is -1.40. The molecular formula is C72H93F3N12O19. The SMILES string of the molecule is CC(C)C(C(=O)NC(CCC(N)=O)C(=O)CF)n1cccc(NC(=O)OCc2ccccc2)c1=O.CC(C)C(C(=O)NC(CCC(N)=O)C(O)CF)n1cccc(NC(=O)OCc2ccccc2)c1=O.CC(C)C(C(=O)O)n1cccc(NC(=O)OCc2ccccc2)c1=O.NC(=O)CCC(N)C(O)CF. The predicted molar refractivity (Wildman–Crippen MR) is 384 cm³/mol. The summed E-state index contributed by atoms with van der Waals surface area (Å²) in [6.45, 7) is 6.90. The Bertz CT molecular complexity index is 4020. The van der Waals surface area contributed by atoms with Gasteiger partial charge in [0.15, 0.2) is 5.78 Å². The van der Waals surface area contributed by atoms with Gasteiger partial charge in [0.05, 0.1) is 18.2 Å². The minimum Gasteiger partial charge on any atom is -0.480 e. The highest BCUT2D eigenvalue weighted by atomic mass is 19.1. The summed E-state index contributed by atoms with van der Waals surface area (Å²) < 4.78 is 56.5. The van der Waals surface area contributed by atoms with E-state index in [1.807, 2.05) is 42.5 Å². The van der Waals surface area contributed by atoms with Crippen molar-refractivity contribution < 1.29 is 90.6 Å². The topological polar surface area (TPSA) is 489 Å². The summed E-state index contributed by atoms with van der Waals surface area (Å²) in [7, 11) is 0. The maximum absolute atomic E-state index is 13.1. The summed E-state index contributed by atoms with van der Waals surface area (Å²) in [4.78, 5) is 157. The van der Waals surface area contributed by atoms with Crippen LogP contribution < -0.4 is 66.2 Å². The molecule has 0 spiro atoms. The van der Waals surface area contributed by atoms with E-state index in [9.17, 15) is 85.7 Å². The number of carboxylic acids is 1. The van der Waals surface area contributed by atoms with Gasteiger partial charge in [0.1, 0.15) is 81.1 Å². The lowest BCUT2D eigenvalue weighted by atomic mass is 10.00. The van der Waals surface area contributed by atoms with Crippen LogP contribution in [0.25, 0.3) is 0 Å². The van der Waals surface area contributed by atoms with Gasteiger partial charge in [0, 0.05) is 43.9 Å². The van der Waals surface area contributed by atoms with E-state index in [2.05, 4.69) is 26.6 Å². The third-order valence-electron chi connectivity index (χ3n) is 15.4. The number of nitrogens with one attached hydrogen (secondary N) is 5. The molecule has 0 saturated heterocycles. The number of hydrogen-bond donors (Lipinski definition) is 12. The summed E-state index contributed by atoms with van der Waals surface area (Å²) in [6, 6.07) is 29.5. The first-order valence-corrected chi connectivity index (χ1v) is 33.3. The number of ketones is 1.